The summed E-state index contributed by atoms with van der Waals surface area (Å²) in [5.74, 6) is 0.934. The van der Waals surface area contributed by atoms with Crippen LogP contribution in [0.1, 0.15) is 31.1 Å². The predicted octanol–water partition coefficient (Wildman–Crippen LogP) is 1.13. The van der Waals surface area contributed by atoms with E-state index in [2.05, 4.69) is 5.32 Å². The number of rotatable bonds is 8. The average molecular weight is 253 g/mol. The lowest BCUT2D eigenvalue weighted by molar-refractivity contribution is -0.121. The van der Waals surface area contributed by atoms with Crippen molar-refractivity contribution in [2.75, 3.05) is 27.2 Å². The largest absolute Gasteiger partial charge is 0.468 e. The minimum Gasteiger partial charge on any atom is -0.468 e. The van der Waals surface area contributed by atoms with E-state index in [4.69, 9.17) is 10.2 Å². The molecular formula is C13H23N3O2. The van der Waals surface area contributed by atoms with E-state index >= 15 is 0 Å². The molecule has 1 amide bonds. The monoisotopic (exact) mass is 253 g/mol. The fraction of sp³-hybridized carbons (Fsp3) is 0.615. The van der Waals surface area contributed by atoms with Crippen LogP contribution in [-0.4, -0.2) is 38.0 Å². The number of hydrogen-bond acceptors (Lipinski definition) is 4. The maximum Gasteiger partial charge on any atom is 0.220 e. The summed E-state index contributed by atoms with van der Waals surface area (Å²) in [5.41, 5.74) is 5.39. The molecule has 5 nitrogen and oxygen atoms in total. The van der Waals surface area contributed by atoms with Crippen molar-refractivity contribution < 1.29 is 9.21 Å². The number of nitrogens with one attached hydrogen (secondary N) is 1. The fourth-order valence-corrected chi connectivity index (χ4v) is 1.75. The number of nitrogens with zero attached hydrogens (tertiary/aromatic N) is 1. The number of furan rings is 1. The van der Waals surface area contributed by atoms with Crippen molar-refractivity contribution in [2.24, 2.45) is 5.73 Å². The van der Waals surface area contributed by atoms with Crippen molar-refractivity contribution in [1.29, 1.82) is 0 Å². The second-order valence-corrected chi connectivity index (χ2v) is 4.54. The van der Waals surface area contributed by atoms with Gasteiger partial charge in [0.25, 0.3) is 0 Å². The van der Waals surface area contributed by atoms with Gasteiger partial charge in [0.2, 0.25) is 5.91 Å². The van der Waals surface area contributed by atoms with Crippen LogP contribution >= 0.6 is 0 Å². The van der Waals surface area contributed by atoms with Crippen LogP contribution in [0.4, 0.5) is 0 Å². The van der Waals surface area contributed by atoms with Crippen molar-refractivity contribution in [3.63, 3.8) is 0 Å². The van der Waals surface area contributed by atoms with Gasteiger partial charge in [-0.1, -0.05) is 0 Å². The fourth-order valence-electron chi connectivity index (χ4n) is 1.75. The van der Waals surface area contributed by atoms with Gasteiger partial charge in [0.05, 0.1) is 12.3 Å². The van der Waals surface area contributed by atoms with Crippen LogP contribution in [0, 0.1) is 0 Å². The van der Waals surface area contributed by atoms with E-state index in [0.29, 0.717) is 19.5 Å². The summed E-state index contributed by atoms with van der Waals surface area (Å²) in [6, 6.07) is 3.85. The zero-order chi connectivity index (χ0) is 13.4. The van der Waals surface area contributed by atoms with E-state index in [1.54, 1.807) is 6.26 Å². The number of amides is 1. The third-order valence-electron chi connectivity index (χ3n) is 2.85. The quantitative estimate of drug-likeness (QED) is 0.681. The summed E-state index contributed by atoms with van der Waals surface area (Å²) in [5, 5.41) is 2.93. The molecule has 1 atom stereocenters. The summed E-state index contributed by atoms with van der Waals surface area (Å²) in [4.78, 5) is 13.6. The summed E-state index contributed by atoms with van der Waals surface area (Å²) in [7, 11) is 3.93. The zero-order valence-electron chi connectivity index (χ0n) is 11.2. The molecule has 1 unspecified atom stereocenters. The van der Waals surface area contributed by atoms with Crippen molar-refractivity contribution in [3.8, 4) is 0 Å². The number of unbranched alkanes of at least 4 members (excludes halogenated alkanes) is 1. The van der Waals surface area contributed by atoms with Gasteiger partial charge in [-0.15, -0.1) is 0 Å². The van der Waals surface area contributed by atoms with Gasteiger partial charge in [0, 0.05) is 13.0 Å². The first-order chi connectivity index (χ1) is 8.65. The van der Waals surface area contributed by atoms with Crippen LogP contribution in [0.3, 0.4) is 0 Å². The molecule has 3 N–H and O–H groups in total. The molecule has 102 valence electrons. The Kier molecular flexibility index (Phi) is 6.46. The van der Waals surface area contributed by atoms with Crippen molar-refractivity contribution >= 4 is 5.91 Å². The van der Waals surface area contributed by atoms with Crippen molar-refractivity contribution in [1.82, 2.24) is 10.2 Å². The Morgan fingerprint density at radius 3 is 2.83 bits per heavy atom. The predicted molar refractivity (Wildman–Crippen MR) is 71.1 cm³/mol. The van der Waals surface area contributed by atoms with E-state index in [1.807, 2.05) is 31.1 Å². The Balaban J connectivity index is 2.37. The molecular weight excluding hydrogens is 230 g/mol. The average Bonchev–Trinajstić information content (AvgIpc) is 2.83. The molecule has 18 heavy (non-hydrogen) atoms. The van der Waals surface area contributed by atoms with Gasteiger partial charge >= 0.3 is 0 Å². The molecule has 0 aliphatic heterocycles. The van der Waals surface area contributed by atoms with E-state index < -0.39 is 0 Å². The number of carbonyl (C=O) groups excluding carboxylic acids is 1. The maximum absolute atomic E-state index is 11.6. The third-order valence-corrected chi connectivity index (χ3v) is 2.85. The van der Waals surface area contributed by atoms with Gasteiger partial charge in [-0.3, -0.25) is 9.69 Å². The summed E-state index contributed by atoms with van der Waals surface area (Å²) in [6.07, 6.45) is 3.92. The Labute approximate surface area is 108 Å². The minimum atomic E-state index is 0.0680. The Morgan fingerprint density at radius 2 is 2.28 bits per heavy atom. The second-order valence-electron chi connectivity index (χ2n) is 4.54. The topological polar surface area (TPSA) is 71.5 Å². The molecule has 0 aliphatic carbocycles. The first kappa shape index (κ1) is 14.7. The molecule has 0 saturated carbocycles. The van der Waals surface area contributed by atoms with Crippen LogP contribution in [0.2, 0.25) is 0 Å². The summed E-state index contributed by atoms with van der Waals surface area (Å²) in [6.45, 7) is 1.20. The molecule has 0 fully saturated rings. The molecule has 1 rings (SSSR count). The highest BCUT2D eigenvalue weighted by Crippen LogP contribution is 2.17. The Bertz CT molecular complexity index is 336. The van der Waals surface area contributed by atoms with Gasteiger partial charge in [-0.2, -0.15) is 0 Å². The van der Waals surface area contributed by atoms with Gasteiger partial charge in [-0.25, -0.2) is 0 Å². The second kappa shape index (κ2) is 7.89. The summed E-state index contributed by atoms with van der Waals surface area (Å²) >= 11 is 0. The molecule has 0 aliphatic rings. The number of likely N-dealkylation sites (N-methyl/N-ethyl adjacent to an activating group) is 1. The van der Waals surface area contributed by atoms with Gasteiger partial charge in [-0.05, 0) is 45.6 Å². The van der Waals surface area contributed by atoms with E-state index in [1.165, 1.54) is 0 Å². The minimum absolute atomic E-state index is 0.0680. The van der Waals surface area contributed by atoms with Crippen LogP contribution in [0.25, 0.3) is 0 Å². The lowest BCUT2D eigenvalue weighted by Crippen LogP contribution is -2.34. The smallest absolute Gasteiger partial charge is 0.220 e. The molecule has 0 radical (unpaired) electrons. The SMILES string of the molecule is CN(C)C(CNC(=O)CCCCN)c1ccco1. The standard InChI is InChI=1S/C13H23N3O2/c1-16(2)11(12-6-5-9-18-12)10-15-13(17)7-3-4-8-14/h5-6,9,11H,3-4,7-8,10,14H2,1-2H3,(H,15,17). The highest BCUT2D eigenvalue weighted by Gasteiger charge is 2.17. The normalized spacial score (nSPS) is 12.7. The van der Waals surface area contributed by atoms with E-state index in [0.717, 1.165) is 18.6 Å². The highest BCUT2D eigenvalue weighted by atomic mass is 16.3. The van der Waals surface area contributed by atoms with Crippen LogP contribution < -0.4 is 11.1 Å². The molecule has 0 aromatic carbocycles. The number of hydrogen-bond donors (Lipinski definition) is 2. The molecule has 1 aromatic heterocycles. The van der Waals surface area contributed by atoms with Crippen LogP contribution in [0.15, 0.2) is 22.8 Å². The Morgan fingerprint density at radius 1 is 1.50 bits per heavy atom. The number of nitrogens with two attached hydrogens (primary N) is 1. The third kappa shape index (κ3) is 4.89. The van der Waals surface area contributed by atoms with Crippen molar-refractivity contribution in [3.05, 3.63) is 24.2 Å². The van der Waals surface area contributed by atoms with Gasteiger partial charge < -0.3 is 15.5 Å². The molecule has 5 heteroatoms. The summed E-state index contributed by atoms with van der Waals surface area (Å²) < 4.78 is 5.38. The van der Waals surface area contributed by atoms with Crippen molar-refractivity contribution in [2.45, 2.75) is 25.3 Å². The first-order valence-electron chi connectivity index (χ1n) is 6.31. The van der Waals surface area contributed by atoms with E-state index in [9.17, 15) is 4.79 Å². The zero-order valence-corrected chi connectivity index (χ0v) is 11.2. The molecule has 1 heterocycles. The lowest BCUT2D eigenvalue weighted by Gasteiger charge is -2.22. The van der Waals surface area contributed by atoms with Crippen LogP contribution in [0.5, 0.6) is 0 Å². The molecule has 0 saturated heterocycles. The lowest BCUT2D eigenvalue weighted by atomic mass is 10.2. The first-order valence-corrected chi connectivity index (χ1v) is 6.31. The molecule has 0 spiro atoms. The van der Waals surface area contributed by atoms with Gasteiger partial charge in [0.15, 0.2) is 0 Å². The molecule has 0 bridgehead atoms. The number of carbonyl (C=O) groups is 1. The maximum atomic E-state index is 11.6. The Hall–Kier alpha value is -1.33. The van der Waals surface area contributed by atoms with E-state index in [-0.39, 0.29) is 11.9 Å². The van der Waals surface area contributed by atoms with Gasteiger partial charge in [0.1, 0.15) is 5.76 Å². The van der Waals surface area contributed by atoms with Crippen LogP contribution in [-0.2, 0) is 4.79 Å². The molecule has 1 aromatic rings. The highest BCUT2D eigenvalue weighted by molar-refractivity contribution is 5.75.